The highest BCUT2D eigenvalue weighted by Gasteiger charge is 2.36. The molecule has 0 aromatic carbocycles. The first-order valence-corrected chi connectivity index (χ1v) is 8.77. The number of carbonyl (C=O) groups excluding carboxylic acids is 1. The molecule has 23 heavy (non-hydrogen) atoms. The van der Waals surface area contributed by atoms with Crippen molar-refractivity contribution in [3.8, 4) is 0 Å². The van der Waals surface area contributed by atoms with Crippen molar-refractivity contribution >= 4 is 11.9 Å². The molecule has 1 saturated heterocycles. The molecule has 3 aliphatic rings. The molecule has 0 radical (unpaired) electrons. The van der Waals surface area contributed by atoms with Gasteiger partial charge in [-0.05, 0) is 49.5 Å². The van der Waals surface area contributed by atoms with Gasteiger partial charge in [0.25, 0.3) is 0 Å². The van der Waals surface area contributed by atoms with Crippen molar-refractivity contribution in [2.45, 2.75) is 25.7 Å². The Kier molecular flexibility index (Phi) is 4.02. The van der Waals surface area contributed by atoms with Crippen LogP contribution in [0.2, 0.25) is 0 Å². The molecular formula is C18H24N4O. The van der Waals surface area contributed by atoms with E-state index in [4.69, 9.17) is 0 Å². The Morgan fingerprint density at radius 3 is 2.87 bits per heavy atom. The molecule has 1 amide bonds. The van der Waals surface area contributed by atoms with Gasteiger partial charge in [0.05, 0.1) is 5.92 Å². The fraction of sp³-hybridized carbons (Fsp3) is 0.611. The second-order valence-electron chi connectivity index (χ2n) is 7.12. The van der Waals surface area contributed by atoms with Gasteiger partial charge in [-0.25, -0.2) is 9.97 Å². The topological polar surface area (TPSA) is 58.1 Å². The van der Waals surface area contributed by atoms with Gasteiger partial charge in [-0.3, -0.25) is 4.79 Å². The Morgan fingerprint density at radius 1 is 1.26 bits per heavy atom. The van der Waals surface area contributed by atoms with Gasteiger partial charge in [-0.2, -0.15) is 0 Å². The van der Waals surface area contributed by atoms with Crippen molar-refractivity contribution in [3.63, 3.8) is 0 Å². The summed E-state index contributed by atoms with van der Waals surface area (Å²) in [6, 6.07) is 1.82. The predicted molar refractivity (Wildman–Crippen MR) is 88.8 cm³/mol. The molecule has 1 N–H and O–H groups in total. The molecule has 5 heteroatoms. The van der Waals surface area contributed by atoms with Crippen molar-refractivity contribution in [1.29, 1.82) is 0 Å². The minimum atomic E-state index is 0.0571. The summed E-state index contributed by atoms with van der Waals surface area (Å²) < 4.78 is 0. The van der Waals surface area contributed by atoms with Gasteiger partial charge in [-0.15, -0.1) is 0 Å². The number of allylic oxidation sites excluding steroid dienone is 2. The minimum Gasteiger partial charge on any atom is -0.356 e. The molecule has 4 atom stereocenters. The SMILES string of the molecule is O=C(NC[C@H]1C[C@H]2C=C[C@H]1C2)[C@@H]1CCCN(c2ncccn2)C1. The smallest absolute Gasteiger partial charge is 0.225 e. The minimum absolute atomic E-state index is 0.0571. The van der Waals surface area contributed by atoms with E-state index in [0.717, 1.165) is 44.3 Å². The fourth-order valence-electron chi connectivity index (χ4n) is 4.33. The standard InChI is InChI=1S/C18H24N4O/c23-17(21-11-16-10-13-4-5-14(16)9-13)15-3-1-8-22(12-15)18-19-6-2-7-20-18/h2,4-7,13-16H,1,3,8-12H2,(H,21,23)/t13-,14-,15+,16+/m0/s1. The molecule has 1 aliphatic heterocycles. The molecule has 1 aromatic rings. The molecule has 2 bridgehead atoms. The van der Waals surface area contributed by atoms with Crippen LogP contribution in [-0.4, -0.2) is 35.5 Å². The normalized spacial score (nSPS) is 32.3. The van der Waals surface area contributed by atoms with Crippen molar-refractivity contribution in [2.24, 2.45) is 23.7 Å². The van der Waals surface area contributed by atoms with Crippen molar-refractivity contribution < 1.29 is 4.79 Å². The van der Waals surface area contributed by atoms with E-state index in [-0.39, 0.29) is 11.8 Å². The van der Waals surface area contributed by atoms with E-state index >= 15 is 0 Å². The second kappa shape index (κ2) is 6.30. The van der Waals surface area contributed by atoms with E-state index in [9.17, 15) is 4.79 Å². The van der Waals surface area contributed by atoms with Crippen molar-refractivity contribution in [3.05, 3.63) is 30.6 Å². The first kappa shape index (κ1) is 14.7. The molecule has 2 fully saturated rings. The maximum atomic E-state index is 12.5. The molecule has 0 unspecified atom stereocenters. The highest BCUT2D eigenvalue weighted by molar-refractivity contribution is 5.79. The van der Waals surface area contributed by atoms with Gasteiger partial charge >= 0.3 is 0 Å². The zero-order chi connectivity index (χ0) is 15.6. The zero-order valence-corrected chi connectivity index (χ0v) is 13.4. The zero-order valence-electron chi connectivity index (χ0n) is 13.4. The van der Waals surface area contributed by atoms with Crippen LogP contribution >= 0.6 is 0 Å². The molecule has 2 heterocycles. The summed E-state index contributed by atoms with van der Waals surface area (Å²) in [6.45, 7) is 2.50. The van der Waals surface area contributed by atoms with Gasteiger partial charge in [-0.1, -0.05) is 12.2 Å². The lowest BCUT2D eigenvalue weighted by molar-refractivity contribution is -0.125. The van der Waals surface area contributed by atoms with Crippen LogP contribution in [-0.2, 0) is 4.79 Å². The number of carbonyl (C=O) groups is 1. The van der Waals surface area contributed by atoms with Crippen LogP contribution in [0.25, 0.3) is 0 Å². The molecular weight excluding hydrogens is 288 g/mol. The first-order valence-electron chi connectivity index (χ1n) is 8.77. The Hall–Kier alpha value is -1.91. The third-order valence-electron chi connectivity index (χ3n) is 5.58. The third kappa shape index (κ3) is 3.09. The molecule has 2 aliphatic carbocycles. The van der Waals surface area contributed by atoms with Crippen LogP contribution in [0.3, 0.4) is 0 Å². The number of anilines is 1. The molecule has 1 aromatic heterocycles. The maximum Gasteiger partial charge on any atom is 0.225 e. The summed E-state index contributed by atoms with van der Waals surface area (Å²) >= 11 is 0. The van der Waals surface area contributed by atoms with E-state index in [0.29, 0.717) is 11.8 Å². The molecule has 0 spiro atoms. The molecule has 4 rings (SSSR count). The van der Waals surface area contributed by atoms with Gasteiger partial charge in [0.1, 0.15) is 0 Å². The van der Waals surface area contributed by atoms with Crippen molar-refractivity contribution in [1.82, 2.24) is 15.3 Å². The van der Waals surface area contributed by atoms with Gasteiger partial charge < -0.3 is 10.2 Å². The number of aromatic nitrogens is 2. The van der Waals surface area contributed by atoms with E-state index < -0.39 is 0 Å². The number of amides is 1. The van der Waals surface area contributed by atoms with Crippen LogP contribution in [0.15, 0.2) is 30.6 Å². The number of hydrogen-bond donors (Lipinski definition) is 1. The van der Waals surface area contributed by atoms with Gasteiger partial charge in [0.2, 0.25) is 11.9 Å². The summed E-state index contributed by atoms with van der Waals surface area (Å²) in [7, 11) is 0. The summed E-state index contributed by atoms with van der Waals surface area (Å²) in [6.07, 6.45) is 12.7. The van der Waals surface area contributed by atoms with E-state index in [2.05, 4.69) is 32.3 Å². The van der Waals surface area contributed by atoms with Crippen LogP contribution < -0.4 is 10.2 Å². The number of fused-ring (bicyclic) bond motifs is 2. The summed E-state index contributed by atoms with van der Waals surface area (Å²) in [5.74, 6) is 3.11. The monoisotopic (exact) mass is 312 g/mol. The highest BCUT2D eigenvalue weighted by atomic mass is 16.1. The average Bonchev–Trinajstić information content (AvgIpc) is 3.23. The summed E-state index contributed by atoms with van der Waals surface area (Å²) in [5.41, 5.74) is 0. The Morgan fingerprint density at radius 2 is 2.13 bits per heavy atom. The second-order valence-corrected chi connectivity index (χ2v) is 7.12. The summed E-state index contributed by atoms with van der Waals surface area (Å²) in [5, 5.41) is 3.21. The Labute approximate surface area is 137 Å². The van der Waals surface area contributed by atoms with Gasteiger partial charge in [0.15, 0.2) is 0 Å². The highest BCUT2D eigenvalue weighted by Crippen LogP contribution is 2.43. The van der Waals surface area contributed by atoms with Crippen LogP contribution in [0.4, 0.5) is 5.95 Å². The van der Waals surface area contributed by atoms with E-state index in [1.807, 2.05) is 6.07 Å². The Balaban J connectivity index is 1.30. The Bertz CT molecular complexity index is 588. The lowest BCUT2D eigenvalue weighted by Crippen LogP contribution is -2.44. The number of piperidine rings is 1. The average molecular weight is 312 g/mol. The quantitative estimate of drug-likeness (QED) is 0.864. The number of hydrogen-bond acceptors (Lipinski definition) is 4. The molecule has 5 nitrogen and oxygen atoms in total. The fourth-order valence-corrected chi connectivity index (χ4v) is 4.33. The maximum absolute atomic E-state index is 12.5. The molecule has 1 saturated carbocycles. The number of rotatable bonds is 4. The van der Waals surface area contributed by atoms with Crippen LogP contribution in [0.5, 0.6) is 0 Å². The molecule has 122 valence electrons. The van der Waals surface area contributed by atoms with Crippen molar-refractivity contribution in [2.75, 3.05) is 24.5 Å². The predicted octanol–water partition coefficient (Wildman–Crippen LogP) is 2.02. The number of nitrogens with zero attached hydrogens (tertiary/aromatic N) is 3. The number of nitrogens with one attached hydrogen (secondary N) is 1. The van der Waals surface area contributed by atoms with Crippen LogP contribution in [0, 0.1) is 23.7 Å². The largest absolute Gasteiger partial charge is 0.356 e. The van der Waals surface area contributed by atoms with Gasteiger partial charge in [0, 0.05) is 32.0 Å². The lowest BCUT2D eigenvalue weighted by atomic mass is 9.92. The third-order valence-corrected chi connectivity index (χ3v) is 5.58. The van der Waals surface area contributed by atoms with Crippen LogP contribution in [0.1, 0.15) is 25.7 Å². The van der Waals surface area contributed by atoms with E-state index in [1.165, 1.54) is 12.8 Å². The summed E-state index contributed by atoms with van der Waals surface area (Å²) in [4.78, 5) is 23.3. The lowest BCUT2D eigenvalue weighted by Gasteiger charge is -2.32. The first-order chi connectivity index (χ1) is 11.3. The van der Waals surface area contributed by atoms with E-state index in [1.54, 1.807) is 12.4 Å².